The van der Waals surface area contributed by atoms with E-state index in [9.17, 15) is 0 Å². The summed E-state index contributed by atoms with van der Waals surface area (Å²) in [6, 6.07) is 18.7. The molecule has 0 aliphatic carbocycles. The van der Waals surface area contributed by atoms with Gasteiger partial charge in [-0.3, -0.25) is 0 Å². The standard InChI is InChI=1S/C20H21N/c1-3-4-6-9-17(2)19-14-12-18(13-15-19)16-21-20-10-7-5-8-11-20/h3-15,21H,2,16H2,1H3/b4-3-,9-6-. The van der Waals surface area contributed by atoms with Gasteiger partial charge in [-0.2, -0.15) is 0 Å². The van der Waals surface area contributed by atoms with Crippen molar-refractivity contribution in [2.75, 3.05) is 5.32 Å². The van der Waals surface area contributed by atoms with Crippen LogP contribution in [0.3, 0.4) is 0 Å². The second kappa shape index (κ2) is 7.91. The summed E-state index contributed by atoms with van der Waals surface area (Å²) in [4.78, 5) is 0. The number of para-hydroxylation sites is 1. The minimum atomic E-state index is 0.825. The molecule has 2 aromatic rings. The molecule has 0 radical (unpaired) electrons. The van der Waals surface area contributed by atoms with Crippen LogP contribution >= 0.6 is 0 Å². The van der Waals surface area contributed by atoms with Gasteiger partial charge in [0, 0.05) is 12.2 Å². The maximum Gasteiger partial charge on any atom is 0.0400 e. The van der Waals surface area contributed by atoms with Crippen LogP contribution in [0.2, 0.25) is 0 Å². The first-order valence-corrected chi connectivity index (χ1v) is 7.16. The lowest BCUT2D eigenvalue weighted by atomic mass is 10.0. The molecule has 0 unspecified atom stereocenters. The van der Waals surface area contributed by atoms with Gasteiger partial charge in [0.1, 0.15) is 0 Å². The van der Waals surface area contributed by atoms with Gasteiger partial charge in [-0.25, -0.2) is 0 Å². The SMILES string of the molecule is C=C(/C=C\C=C/C)c1ccc(CNc2ccccc2)cc1. The van der Waals surface area contributed by atoms with Crippen molar-refractivity contribution in [1.82, 2.24) is 0 Å². The lowest BCUT2D eigenvalue weighted by molar-refractivity contribution is 1.15. The van der Waals surface area contributed by atoms with E-state index in [1.165, 1.54) is 5.56 Å². The first kappa shape index (κ1) is 14.9. The fraction of sp³-hybridized carbons (Fsp3) is 0.100. The highest BCUT2D eigenvalue weighted by Gasteiger charge is 1.97. The molecular formula is C20H21N. The molecule has 0 atom stereocenters. The van der Waals surface area contributed by atoms with E-state index in [1.54, 1.807) is 0 Å². The molecule has 2 aromatic carbocycles. The monoisotopic (exact) mass is 275 g/mol. The zero-order valence-electron chi connectivity index (χ0n) is 12.4. The van der Waals surface area contributed by atoms with Crippen molar-refractivity contribution in [2.45, 2.75) is 13.5 Å². The molecule has 0 aromatic heterocycles. The van der Waals surface area contributed by atoms with Crippen LogP contribution in [-0.4, -0.2) is 0 Å². The van der Waals surface area contributed by atoms with Crippen LogP contribution in [0.25, 0.3) is 5.57 Å². The molecule has 0 saturated heterocycles. The highest BCUT2D eigenvalue weighted by molar-refractivity contribution is 5.72. The van der Waals surface area contributed by atoms with E-state index in [0.29, 0.717) is 0 Å². The fourth-order valence-electron chi connectivity index (χ4n) is 1.98. The van der Waals surface area contributed by atoms with Crippen LogP contribution in [0.4, 0.5) is 5.69 Å². The van der Waals surface area contributed by atoms with Gasteiger partial charge >= 0.3 is 0 Å². The summed E-state index contributed by atoms with van der Waals surface area (Å²) < 4.78 is 0. The average molecular weight is 275 g/mol. The molecule has 106 valence electrons. The van der Waals surface area contributed by atoms with Crippen molar-refractivity contribution in [1.29, 1.82) is 0 Å². The van der Waals surface area contributed by atoms with Gasteiger partial charge in [-0.15, -0.1) is 0 Å². The second-order valence-corrected chi connectivity index (χ2v) is 4.83. The Kier molecular flexibility index (Phi) is 5.60. The van der Waals surface area contributed by atoms with Crippen LogP contribution < -0.4 is 5.32 Å². The lowest BCUT2D eigenvalue weighted by Gasteiger charge is -2.07. The summed E-state index contributed by atoms with van der Waals surface area (Å²) in [5.74, 6) is 0. The molecule has 0 amide bonds. The Hall–Kier alpha value is -2.54. The molecule has 0 bridgehead atoms. The van der Waals surface area contributed by atoms with Crippen molar-refractivity contribution < 1.29 is 0 Å². The Labute approximate surface area is 127 Å². The Morgan fingerprint density at radius 1 is 1.00 bits per heavy atom. The van der Waals surface area contributed by atoms with E-state index in [-0.39, 0.29) is 0 Å². The van der Waals surface area contributed by atoms with Gasteiger partial charge < -0.3 is 5.32 Å². The predicted molar refractivity (Wildman–Crippen MR) is 93.2 cm³/mol. The Balaban J connectivity index is 1.94. The van der Waals surface area contributed by atoms with E-state index >= 15 is 0 Å². The number of hydrogen-bond acceptors (Lipinski definition) is 1. The first-order valence-electron chi connectivity index (χ1n) is 7.16. The minimum Gasteiger partial charge on any atom is -0.381 e. The molecule has 0 aliphatic heterocycles. The van der Waals surface area contributed by atoms with Crippen LogP contribution in [0, 0.1) is 0 Å². The number of rotatable bonds is 6. The molecule has 1 N–H and O–H groups in total. The van der Waals surface area contributed by atoms with Gasteiger partial charge in [0.2, 0.25) is 0 Å². The van der Waals surface area contributed by atoms with Crippen molar-refractivity contribution in [2.24, 2.45) is 0 Å². The predicted octanol–water partition coefficient (Wildman–Crippen LogP) is 5.44. The first-order chi connectivity index (χ1) is 10.3. The number of anilines is 1. The fourth-order valence-corrected chi connectivity index (χ4v) is 1.98. The van der Waals surface area contributed by atoms with Gasteiger partial charge in [0.25, 0.3) is 0 Å². The molecule has 0 spiro atoms. The van der Waals surface area contributed by atoms with E-state index in [0.717, 1.165) is 23.4 Å². The Morgan fingerprint density at radius 2 is 1.71 bits per heavy atom. The second-order valence-electron chi connectivity index (χ2n) is 4.83. The molecule has 1 heteroatoms. The van der Waals surface area contributed by atoms with Crippen LogP contribution in [-0.2, 0) is 6.54 Å². The number of nitrogens with one attached hydrogen (secondary N) is 1. The van der Waals surface area contributed by atoms with Gasteiger partial charge in [-0.1, -0.05) is 73.3 Å². The molecule has 0 fully saturated rings. The smallest absolute Gasteiger partial charge is 0.0400 e. The van der Waals surface area contributed by atoms with Gasteiger partial charge in [-0.05, 0) is 35.8 Å². The van der Waals surface area contributed by atoms with Crippen molar-refractivity contribution in [3.63, 3.8) is 0 Å². The lowest BCUT2D eigenvalue weighted by Crippen LogP contribution is -1.98. The van der Waals surface area contributed by atoms with E-state index < -0.39 is 0 Å². The molecule has 0 aliphatic rings. The summed E-state index contributed by atoms with van der Waals surface area (Å²) in [5.41, 5.74) is 4.57. The summed E-state index contributed by atoms with van der Waals surface area (Å²) in [5, 5.41) is 3.41. The molecule has 1 nitrogen and oxygen atoms in total. The van der Waals surface area contributed by atoms with Gasteiger partial charge in [0.15, 0.2) is 0 Å². The third-order valence-corrected chi connectivity index (χ3v) is 3.20. The third-order valence-electron chi connectivity index (χ3n) is 3.20. The molecule has 2 rings (SSSR count). The van der Waals surface area contributed by atoms with E-state index in [1.807, 2.05) is 49.4 Å². The van der Waals surface area contributed by atoms with E-state index in [4.69, 9.17) is 0 Å². The molecule has 0 heterocycles. The Bertz CT molecular complexity index is 619. The van der Waals surface area contributed by atoms with E-state index in [2.05, 4.69) is 48.3 Å². The third kappa shape index (κ3) is 4.81. The summed E-state index contributed by atoms with van der Waals surface area (Å²) in [6.45, 7) is 6.91. The average Bonchev–Trinajstić information content (AvgIpc) is 2.54. The normalized spacial score (nSPS) is 11.1. The number of hydrogen-bond donors (Lipinski definition) is 1. The summed E-state index contributed by atoms with van der Waals surface area (Å²) in [7, 11) is 0. The molecule has 21 heavy (non-hydrogen) atoms. The minimum absolute atomic E-state index is 0.825. The zero-order chi connectivity index (χ0) is 14.9. The van der Waals surface area contributed by atoms with Crippen molar-refractivity contribution in [3.05, 3.63) is 96.6 Å². The van der Waals surface area contributed by atoms with Crippen molar-refractivity contribution in [3.8, 4) is 0 Å². The highest BCUT2D eigenvalue weighted by Crippen LogP contribution is 2.16. The van der Waals surface area contributed by atoms with Crippen LogP contribution in [0.5, 0.6) is 0 Å². The number of benzene rings is 2. The molecular weight excluding hydrogens is 254 g/mol. The Morgan fingerprint density at radius 3 is 2.38 bits per heavy atom. The quantitative estimate of drug-likeness (QED) is 0.692. The summed E-state index contributed by atoms with van der Waals surface area (Å²) >= 11 is 0. The largest absolute Gasteiger partial charge is 0.381 e. The van der Waals surface area contributed by atoms with Crippen LogP contribution in [0.1, 0.15) is 18.1 Å². The highest BCUT2D eigenvalue weighted by atomic mass is 14.9. The molecule has 0 saturated carbocycles. The maximum atomic E-state index is 4.08. The summed E-state index contributed by atoms with van der Waals surface area (Å²) in [6.07, 6.45) is 8.04. The zero-order valence-corrected chi connectivity index (χ0v) is 12.4. The number of allylic oxidation sites excluding steroid dienone is 5. The van der Waals surface area contributed by atoms with Gasteiger partial charge in [0.05, 0.1) is 0 Å². The maximum absolute atomic E-state index is 4.08. The topological polar surface area (TPSA) is 12.0 Å². The van der Waals surface area contributed by atoms with Crippen molar-refractivity contribution >= 4 is 11.3 Å². The van der Waals surface area contributed by atoms with Crippen LogP contribution in [0.15, 0.2) is 85.5 Å².